The molecule has 1 atom stereocenters. The number of hydrogen-bond donors (Lipinski definition) is 4. The molecule has 0 saturated heterocycles. The first-order valence-corrected chi connectivity index (χ1v) is 11.6. The number of anilines is 2. The normalized spacial score (nSPS) is 15.2. The smallest absolute Gasteiger partial charge is 0.335 e. The van der Waals surface area contributed by atoms with Crippen molar-refractivity contribution in [1.29, 1.82) is 0 Å². The van der Waals surface area contributed by atoms with E-state index in [0.29, 0.717) is 33.3 Å². The molecular formula is C26H21ClN6O4. The van der Waals surface area contributed by atoms with E-state index in [1.54, 1.807) is 31.2 Å². The fourth-order valence-electron chi connectivity index (χ4n) is 3.96. The third kappa shape index (κ3) is 5.00. The number of aromatic carboxylic acids is 1. The second kappa shape index (κ2) is 9.75. The molecule has 0 aliphatic carbocycles. The van der Waals surface area contributed by atoms with Gasteiger partial charge in [0, 0.05) is 22.5 Å². The summed E-state index contributed by atoms with van der Waals surface area (Å²) >= 11 is 6.49. The zero-order valence-corrected chi connectivity index (χ0v) is 20.5. The Hall–Kier alpha value is -4.70. The predicted octanol–water partition coefficient (Wildman–Crippen LogP) is 4.91. The number of halogens is 1. The van der Waals surface area contributed by atoms with Crippen molar-refractivity contribution < 1.29 is 19.1 Å². The van der Waals surface area contributed by atoms with E-state index in [0.717, 1.165) is 5.56 Å². The number of carbonyl (C=O) groups is 2. The molecule has 1 unspecified atom stereocenters. The van der Waals surface area contributed by atoms with Crippen LogP contribution >= 0.6 is 11.6 Å². The van der Waals surface area contributed by atoms with E-state index < -0.39 is 17.9 Å². The Morgan fingerprint density at radius 3 is 2.70 bits per heavy atom. The van der Waals surface area contributed by atoms with Crippen LogP contribution in [0.3, 0.4) is 0 Å². The summed E-state index contributed by atoms with van der Waals surface area (Å²) in [6, 6.07) is 14.8. The van der Waals surface area contributed by atoms with Crippen LogP contribution in [0.2, 0.25) is 5.02 Å². The molecule has 1 amide bonds. The molecule has 5 rings (SSSR count). The second-order valence-corrected chi connectivity index (χ2v) is 8.78. The number of nitrogens with zero attached hydrogens (tertiary/aromatic N) is 3. The van der Waals surface area contributed by atoms with Crippen LogP contribution in [0, 0.1) is 6.92 Å². The van der Waals surface area contributed by atoms with E-state index >= 15 is 0 Å². The van der Waals surface area contributed by atoms with E-state index in [1.807, 2.05) is 25.1 Å². The van der Waals surface area contributed by atoms with E-state index in [-0.39, 0.29) is 23.0 Å². The topological polar surface area (TPSA) is 142 Å². The second-order valence-electron chi connectivity index (χ2n) is 8.37. The maximum Gasteiger partial charge on any atom is 0.335 e. The van der Waals surface area contributed by atoms with Crippen LogP contribution in [-0.4, -0.2) is 32.9 Å². The van der Waals surface area contributed by atoms with Gasteiger partial charge in [0.15, 0.2) is 5.58 Å². The van der Waals surface area contributed by atoms with Crippen LogP contribution < -0.4 is 16.0 Å². The minimum Gasteiger partial charge on any atom is -0.478 e. The number of fused-ring (bicyclic) bond motifs is 1. The number of nitrogens with one attached hydrogen (secondary N) is 3. The molecule has 0 spiro atoms. The number of allylic oxidation sites excluding steroid dienone is 1. The number of aryl methyl sites for hydroxylation is 1. The molecule has 4 aromatic rings. The number of rotatable bonds is 5. The fourth-order valence-corrected chi connectivity index (χ4v) is 4.20. The van der Waals surface area contributed by atoms with Gasteiger partial charge in [-0.05, 0) is 49.7 Å². The van der Waals surface area contributed by atoms with Crippen molar-refractivity contribution in [2.75, 3.05) is 10.6 Å². The van der Waals surface area contributed by atoms with Gasteiger partial charge in [-0.25, -0.2) is 14.8 Å². The Labute approximate surface area is 216 Å². The van der Waals surface area contributed by atoms with Gasteiger partial charge in [0.05, 0.1) is 11.1 Å². The molecule has 1 aliphatic rings. The molecule has 0 bridgehead atoms. The Kier molecular flexibility index (Phi) is 6.33. The third-order valence-corrected chi connectivity index (χ3v) is 6.05. The van der Waals surface area contributed by atoms with Gasteiger partial charge in [-0.15, -0.1) is 0 Å². The zero-order valence-electron chi connectivity index (χ0n) is 19.7. The van der Waals surface area contributed by atoms with E-state index in [2.05, 4.69) is 25.9 Å². The lowest BCUT2D eigenvalue weighted by atomic mass is 9.95. The highest BCUT2D eigenvalue weighted by atomic mass is 35.5. The summed E-state index contributed by atoms with van der Waals surface area (Å²) in [6.07, 6.45) is 1.31. The van der Waals surface area contributed by atoms with Crippen LogP contribution in [0.5, 0.6) is 0 Å². The number of aromatic nitrogens is 2. The molecule has 0 fully saturated rings. The number of pyridine rings is 1. The zero-order chi connectivity index (χ0) is 26.1. The first-order valence-electron chi connectivity index (χ1n) is 11.2. The van der Waals surface area contributed by atoms with Gasteiger partial charge in [-0.3, -0.25) is 10.1 Å². The van der Waals surface area contributed by atoms with Crippen molar-refractivity contribution in [2.24, 2.45) is 4.99 Å². The molecule has 37 heavy (non-hydrogen) atoms. The van der Waals surface area contributed by atoms with Crippen LogP contribution in [0.15, 0.2) is 81.5 Å². The summed E-state index contributed by atoms with van der Waals surface area (Å²) in [5, 5.41) is 18.5. The van der Waals surface area contributed by atoms with Gasteiger partial charge in [-0.2, -0.15) is 4.98 Å². The number of oxazole rings is 1. The van der Waals surface area contributed by atoms with Gasteiger partial charge in [0.1, 0.15) is 17.4 Å². The van der Waals surface area contributed by atoms with Crippen molar-refractivity contribution in [2.45, 2.75) is 19.9 Å². The van der Waals surface area contributed by atoms with Gasteiger partial charge < -0.3 is 20.2 Å². The lowest BCUT2D eigenvalue weighted by molar-refractivity contribution is -0.113. The fraction of sp³-hybridized carbons (Fsp3) is 0.115. The van der Waals surface area contributed by atoms with E-state index in [9.17, 15) is 14.7 Å². The van der Waals surface area contributed by atoms with Crippen molar-refractivity contribution in [1.82, 2.24) is 15.3 Å². The molecule has 186 valence electrons. The largest absolute Gasteiger partial charge is 0.478 e. The average Bonchev–Trinajstić information content (AvgIpc) is 3.25. The summed E-state index contributed by atoms with van der Waals surface area (Å²) in [4.78, 5) is 38.0. The molecule has 1 aliphatic heterocycles. The summed E-state index contributed by atoms with van der Waals surface area (Å²) < 4.78 is 5.79. The molecule has 11 heteroatoms. The van der Waals surface area contributed by atoms with Gasteiger partial charge >= 0.3 is 12.0 Å². The highest BCUT2D eigenvalue weighted by Gasteiger charge is 2.31. The number of carbonyl (C=O) groups excluding carboxylic acids is 1. The Bertz CT molecular complexity index is 1610. The Morgan fingerprint density at radius 1 is 1.11 bits per heavy atom. The van der Waals surface area contributed by atoms with E-state index in [4.69, 9.17) is 21.0 Å². The Morgan fingerprint density at radius 2 is 1.92 bits per heavy atom. The van der Waals surface area contributed by atoms with Gasteiger partial charge in [-0.1, -0.05) is 35.9 Å². The van der Waals surface area contributed by atoms with Crippen LogP contribution in [0.4, 0.5) is 11.8 Å². The van der Waals surface area contributed by atoms with Crippen molar-refractivity contribution >= 4 is 52.4 Å². The summed E-state index contributed by atoms with van der Waals surface area (Å²) in [5.74, 6) is -1.23. The number of benzene rings is 2. The maximum absolute atomic E-state index is 13.4. The molecule has 4 N–H and O–H groups in total. The highest BCUT2D eigenvalue weighted by Crippen LogP contribution is 2.35. The minimum atomic E-state index is -1.13. The number of carboxylic acid groups (broad SMARTS) is 1. The van der Waals surface area contributed by atoms with Gasteiger partial charge in [0.25, 0.3) is 5.91 Å². The number of aliphatic imine (C=N–C) groups is 1. The van der Waals surface area contributed by atoms with Crippen LogP contribution in [0.1, 0.15) is 34.5 Å². The van der Waals surface area contributed by atoms with E-state index in [1.165, 1.54) is 18.3 Å². The van der Waals surface area contributed by atoms with Crippen LogP contribution in [-0.2, 0) is 4.79 Å². The lowest BCUT2D eigenvalue weighted by Crippen LogP contribution is -2.37. The number of hydrogen-bond acceptors (Lipinski definition) is 8. The molecule has 2 aromatic heterocycles. The highest BCUT2D eigenvalue weighted by molar-refractivity contribution is 6.31. The SMILES string of the molecule is CC1=C(C(=O)Nc2cc(C(=O)O)ccn2)C(c2ccccc2Cl)N=C(Nc2nc3cc(C)ccc3o2)N1. The van der Waals surface area contributed by atoms with Gasteiger partial charge in [0.2, 0.25) is 5.96 Å². The molecular weight excluding hydrogens is 496 g/mol. The molecule has 3 heterocycles. The first-order chi connectivity index (χ1) is 17.8. The van der Waals surface area contributed by atoms with Crippen molar-refractivity contribution in [3.8, 4) is 0 Å². The molecule has 10 nitrogen and oxygen atoms in total. The summed E-state index contributed by atoms with van der Waals surface area (Å²) in [5.41, 5.74) is 3.77. The number of guanidine groups is 1. The molecule has 0 radical (unpaired) electrons. The standard InChI is InChI=1S/C26H21ClN6O4/c1-13-7-8-19-18(11-13)30-26(37-19)33-25-29-14(2)21(22(32-25)16-5-3-4-6-17(16)27)23(34)31-20-12-15(24(35)36)9-10-28-20/h3-12,22H,1-2H3,(H,35,36)(H,28,31,34)(H2,29,30,32,33). The summed E-state index contributed by atoms with van der Waals surface area (Å²) in [7, 11) is 0. The van der Waals surface area contributed by atoms with Crippen molar-refractivity contribution in [3.05, 3.63) is 93.8 Å². The quantitative estimate of drug-likeness (QED) is 0.293. The Balaban J connectivity index is 1.48. The molecule has 2 aromatic carbocycles. The monoisotopic (exact) mass is 516 g/mol. The van der Waals surface area contributed by atoms with Crippen LogP contribution in [0.25, 0.3) is 11.1 Å². The number of carboxylic acids is 1. The minimum absolute atomic E-state index is 0.00143. The molecule has 0 saturated carbocycles. The third-order valence-electron chi connectivity index (χ3n) is 5.70. The lowest BCUT2D eigenvalue weighted by Gasteiger charge is -2.26. The maximum atomic E-state index is 13.4. The number of amides is 1. The predicted molar refractivity (Wildman–Crippen MR) is 140 cm³/mol. The summed E-state index contributed by atoms with van der Waals surface area (Å²) in [6.45, 7) is 3.70. The average molecular weight is 517 g/mol. The van der Waals surface area contributed by atoms with Crippen molar-refractivity contribution in [3.63, 3.8) is 0 Å². The first kappa shape index (κ1) is 24.0.